The van der Waals surface area contributed by atoms with Crippen molar-refractivity contribution in [3.8, 4) is 0 Å². The van der Waals surface area contributed by atoms with Crippen LogP contribution in [0.25, 0.3) is 0 Å². The molecule has 1 unspecified atom stereocenters. The van der Waals surface area contributed by atoms with Crippen LogP contribution in [-0.2, 0) is 20.6 Å². The van der Waals surface area contributed by atoms with Crippen LogP contribution in [-0.4, -0.2) is 38.5 Å². The fourth-order valence-corrected chi connectivity index (χ4v) is 3.75. The number of ether oxygens (including phenoxy) is 1. The summed E-state index contributed by atoms with van der Waals surface area (Å²) in [4.78, 5) is -0.320. The van der Waals surface area contributed by atoms with Crippen molar-refractivity contribution in [2.45, 2.75) is 23.8 Å². The fourth-order valence-electron chi connectivity index (χ4n) is 1.97. The van der Waals surface area contributed by atoms with E-state index in [1.165, 1.54) is 16.4 Å². The van der Waals surface area contributed by atoms with Gasteiger partial charge in [0.2, 0.25) is 10.0 Å². The molecule has 1 saturated heterocycles. The predicted octanol–water partition coefficient (Wildman–Crippen LogP) is 1.97. The number of rotatable bonds is 3. The molecule has 1 atom stereocenters. The zero-order valence-corrected chi connectivity index (χ0v) is 12.0. The number of halogens is 2. The lowest BCUT2D eigenvalue weighted by atomic mass is 10.2. The van der Waals surface area contributed by atoms with Gasteiger partial charge in [0.25, 0.3) is 0 Å². The summed E-state index contributed by atoms with van der Waals surface area (Å²) in [6.07, 6.45) is -0.192. The Labute approximate surface area is 117 Å². The van der Waals surface area contributed by atoms with E-state index in [1.54, 1.807) is 6.92 Å². The second-order valence-corrected chi connectivity index (χ2v) is 6.62. The smallest absolute Gasteiger partial charge is 0.246 e. The van der Waals surface area contributed by atoms with Gasteiger partial charge in [0, 0.05) is 19.0 Å². The highest BCUT2D eigenvalue weighted by Gasteiger charge is 2.31. The molecule has 1 aromatic rings. The first-order valence-corrected chi connectivity index (χ1v) is 7.88. The summed E-state index contributed by atoms with van der Waals surface area (Å²) >= 11 is 5.66. The molecule has 0 saturated carbocycles. The predicted molar refractivity (Wildman–Crippen MR) is 70.1 cm³/mol. The number of sulfonamides is 1. The van der Waals surface area contributed by atoms with Crippen LogP contribution in [0.1, 0.15) is 12.5 Å². The van der Waals surface area contributed by atoms with Gasteiger partial charge in [0.1, 0.15) is 10.7 Å². The lowest BCUT2D eigenvalue weighted by Crippen LogP contribution is -2.44. The standard InChI is InChI=1S/C12H15ClFNO3S/c1-9-8-15(4-5-18-9)19(16,17)12-6-10(7-13)2-3-11(12)14/h2-3,6,9H,4-5,7-8H2,1H3. The molecule has 2 rings (SSSR count). The van der Waals surface area contributed by atoms with Crippen molar-refractivity contribution in [1.29, 1.82) is 0 Å². The first-order chi connectivity index (χ1) is 8.95. The van der Waals surface area contributed by atoms with E-state index in [0.717, 1.165) is 6.07 Å². The summed E-state index contributed by atoms with van der Waals surface area (Å²) in [6.45, 7) is 2.56. The van der Waals surface area contributed by atoms with Crippen LogP contribution < -0.4 is 0 Å². The third-order valence-corrected chi connectivity index (χ3v) is 5.16. The highest BCUT2D eigenvalue weighted by molar-refractivity contribution is 7.89. The maximum atomic E-state index is 13.8. The number of hydrogen-bond donors (Lipinski definition) is 0. The van der Waals surface area contributed by atoms with Crippen molar-refractivity contribution in [3.05, 3.63) is 29.6 Å². The third-order valence-electron chi connectivity index (χ3n) is 2.97. The molecular weight excluding hydrogens is 293 g/mol. The molecule has 0 aromatic heterocycles. The van der Waals surface area contributed by atoms with Gasteiger partial charge in [0.05, 0.1) is 12.7 Å². The molecule has 0 radical (unpaired) electrons. The second kappa shape index (κ2) is 5.75. The van der Waals surface area contributed by atoms with Crippen molar-refractivity contribution in [2.24, 2.45) is 0 Å². The van der Waals surface area contributed by atoms with Crippen LogP contribution >= 0.6 is 11.6 Å². The van der Waals surface area contributed by atoms with E-state index in [4.69, 9.17) is 16.3 Å². The molecule has 0 N–H and O–H groups in total. The number of benzene rings is 1. The Morgan fingerprint density at radius 3 is 2.89 bits per heavy atom. The van der Waals surface area contributed by atoms with Crippen molar-refractivity contribution in [3.63, 3.8) is 0 Å². The monoisotopic (exact) mass is 307 g/mol. The summed E-state index contributed by atoms with van der Waals surface area (Å²) in [5, 5.41) is 0. The summed E-state index contributed by atoms with van der Waals surface area (Å²) in [7, 11) is -3.84. The largest absolute Gasteiger partial charge is 0.376 e. The van der Waals surface area contributed by atoms with Crippen molar-refractivity contribution < 1.29 is 17.5 Å². The molecule has 1 aliphatic heterocycles. The number of hydrogen-bond acceptors (Lipinski definition) is 3. The van der Waals surface area contributed by atoms with Crippen molar-refractivity contribution in [2.75, 3.05) is 19.7 Å². The van der Waals surface area contributed by atoms with Crippen LogP contribution in [0.15, 0.2) is 23.1 Å². The Hall–Kier alpha value is -0.690. The van der Waals surface area contributed by atoms with Gasteiger partial charge in [-0.1, -0.05) is 6.07 Å². The Balaban J connectivity index is 2.38. The van der Waals surface area contributed by atoms with E-state index in [0.29, 0.717) is 12.2 Å². The zero-order valence-electron chi connectivity index (χ0n) is 10.5. The molecule has 1 aliphatic rings. The maximum Gasteiger partial charge on any atom is 0.246 e. The van der Waals surface area contributed by atoms with Gasteiger partial charge < -0.3 is 4.74 Å². The van der Waals surface area contributed by atoms with E-state index in [9.17, 15) is 12.8 Å². The second-order valence-electron chi connectivity index (χ2n) is 4.44. The SMILES string of the molecule is CC1CN(S(=O)(=O)c2cc(CCl)ccc2F)CCO1. The maximum absolute atomic E-state index is 13.8. The third kappa shape index (κ3) is 3.08. The first kappa shape index (κ1) is 14.7. The van der Waals surface area contributed by atoms with Gasteiger partial charge in [-0.3, -0.25) is 0 Å². The Bertz CT molecular complexity index is 564. The minimum atomic E-state index is -3.84. The molecule has 7 heteroatoms. The number of nitrogens with zero attached hydrogens (tertiary/aromatic N) is 1. The molecule has 1 fully saturated rings. The molecular formula is C12H15ClFNO3S. The van der Waals surface area contributed by atoms with Gasteiger partial charge in [-0.25, -0.2) is 12.8 Å². The average Bonchev–Trinajstić information content (AvgIpc) is 2.39. The number of alkyl halides is 1. The summed E-state index contributed by atoms with van der Waals surface area (Å²) in [5.41, 5.74) is 0.572. The molecule has 19 heavy (non-hydrogen) atoms. The molecule has 0 bridgehead atoms. The summed E-state index contributed by atoms with van der Waals surface area (Å²) in [5.74, 6) is -0.615. The molecule has 0 amide bonds. The lowest BCUT2D eigenvalue weighted by Gasteiger charge is -2.30. The highest BCUT2D eigenvalue weighted by Crippen LogP contribution is 2.23. The Morgan fingerprint density at radius 1 is 1.53 bits per heavy atom. The quantitative estimate of drug-likeness (QED) is 0.802. The van der Waals surface area contributed by atoms with E-state index >= 15 is 0 Å². The summed E-state index contributed by atoms with van der Waals surface area (Å²) in [6, 6.07) is 3.90. The van der Waals surface area contributed by atoms with E-state index in [1.807, 2.05) is 0 Å². The van der Waals surface area contributed by atoms with Gasteiger partial charge in [-0.2, -0.15) is 4.31 Å². The van der Waals surface area contributed by atoms with E-state index < -0.39 is 15.8 Å². The minimum Gasteiger partial charge on any atom is -0.376 e. The van der Waals surface area contributed by atoms with Crippen LogP contribution in [0, 0.1) is 5.82 Å². The topological polar surface area (TPSA) is 46.6 Å². The van der Waals surface area contributed by atoms with Crippen LogP contribution in [0.5, 0.6) is 0 Å². The molecule has 4 nitrogen and oxygen atoms in total. The van der Waals surface area contributed by atoms with Crippen LogP contribution in [0.4, 0.5) is 4.39 Å². The normalized spacial score (nSPS) is 21.5. The first-order valence-electron chi connectivity index (χ1n) is 5.91. The number of morpholine rings is 1. The fraction of sp³-hybridized carbons (Fsp3) is 0.500. The van der Waals surface area contributed by atoms with Crippen molar-refractivity contribution in [1.82, 2.24) is 4.31 Å². The van der Waals surface area contributed by atoms with Gasteiger partial charge in [-0.05, 0) is 24.6 Å². The van der Waals surface area contributed by atoms with Gasteiger partial charge >= 0.3 is 0 Å². The minimum absolute atomic E-state index is 0.141. The molecule has 1 heterocycles. The molecule has 106 valence electrons. The lowest BCUT2D eigenvalue weighted by molar-refractivity contribution is 0.0101. The zero-order chi connectivity index (χ0) is 14.0. The van der Waals surface area contributed by atoms with Crippen LogP contribution in [0.3, 0.4) is 0 Å². The molecule has 1 aromatic carbocycles. The van der Waals surface area contributed by atoms with E-state index in [-0.39, 0.29) is 30.0 Å². The summed E-state index contributed by atoms with van der Waals surface area (Å²) < 4.78 is 45.1. The Kier molecular flexibility index (Phi) is 4.45. The molecule has 0 aliphatic carbocycles. The van der Waals surface area contributed by atoms with Gasteiger partial charge in [-0.15, -0.1) is 11.6 Å². The van der Waals surface area contributed by atoms with Crippen molar-refractivity contribution >= 4 is 21.6 Å². The highest BCUT2D eigenvalue weighted by atomic mass is 35.5. The van der Waals surface area contributed by atoms with Crippen LogP contribution in [0.2, 0.25) is 0 Å². The van der Waals surface area contributed by atoms with Gasteiger partial charge in [0.15, 0.2) is 0 Å². The molecule has 0 spiro atoms. The average molecular weight is 308 g/mol. The van der Waals surface area contributed by atoms with E-state index in [2.05, 4.69) is 0 Å². The Morgan fingerprint density at radius 2 is 2.26 bits per heavy atom.